The Kier molecular flexibility index (Phi) is 5.05. The van der Waals surface area contributed by atoms with Crippen LogP contribution in [0.4, 0.5) is 0 Å². The first-order valence-corrected chi connectivity index (χ1v) is 5.42. The number of aromatic nitrogens is 2. The monoisotopic (exact) mass is 254 g/mol. The van der Waals surface area contributed by atoms with Gasteiger partial charge in [0.25, 0.3) is 0 Å². The van der Waals surface area contributed by atoms with Gasteiger partial charge in [-0.3, -0.25) is 0 Å². The van der Waals surface area contributed by atoms with E-state index in [1.807, 2.05) is 0 Å². The molecule has 14 heavy (non-hydrogen) atoms. The highest BCUT2D eigenvalue weighted by Crippen LogP contribution is 2.16. The number of hydrogen-bond acceptors (Lipinski definition) is 5. The Morgan fingerprint density at radius 2 is 2.50 bits per heavy atom. The van der Waals surface area contributed by atoms with E-state index in [1.165, 1.54) is 18.0 Å². The van der Waals surface area contributed by atoms with Gasteiger partial charge in [-0.1, -0.05) is 16.1 Å². The van der Waals surface area contributed by atoms with E-state index in [0.717, 1.165) is 25.3 Å². The third-order valence-corrected chi connectivity index (χ3v) is 3.11. The molecule has 2 rings (SSSR count). The van der Waals surface area contributed by atoms with Crippen LogP contribution in [0.2, 0.25) is 4.34 Å². The molecule has 0 aromatic carbocycles. The highest BCUT2D eigenvalue weighted by Gasteiger charge is 2.14. The first-order chi connectivity index (χ1) is 6.36. The second-order valence-corrected chi connectivity index (χ2v) is 4.42. The second-order valence-electron chi connectivity index (χ2n) is 3.06. The Morgan fingerprint density at radius 1 is 1.64 bits per heavy atom. The molecule has 0 bridgehead atoms. The molecule has 1 saturated heterocycles. The lowest BCUT2D eigenvalue weighted by Gasteiger charge is -2.08. The van der Waals surface area contributed by atoms with Crippen LogP contribution in [0.25, 0.3) is 0 Å². The Bertz CT molecular complexity index is 274. The third kappa shape index (κ3) is 3.03. The predicted octanol–water partition coefficient (Wildman–Crippen LogP) is 1.06. The molecule has 7 heteroatoms. The van der Waals surface area contributed by atoms with Crippen molar-refractivity contribution >= 4 is 35.5 Å². The van der Waals surface area contributed by atoms with Crippen molar-refractivity contribution in [3.8, 4) is 0 Å². The summed E-state index contributed by atoms with van der Waals surface area (Å²) in [5, 5.41) is 10.6. The summed E-state index contributed by atoms with van der Waals surface area (Å²) in [7, 11) is 0. The number of rotatable bonds is 3. The Morgan fingerprint density at radius 3 is 3.07 bits per heavy atom. The maximum absolute atomic E-state index is 5.86. The smallest absolute Gasteiger partial charge is 0.138 e. The first-order valence-electron chi connectivity index (χ1n) is 4.27. The zero-order chi connectivity index (χ0) is 9.10. The fraction of sp³-hybridized carbons (Fsp3) is 0.714. The van der Waals surface area contributed by atoms with Crippen LogP contribution in [0.15, 0.2) is 0 Å². The Hall–Kier alpha value is 0.0600. The largest absolute Gasteiger partial charge is 0.315 e. The molecule has 1 fully saturated rings. The molecule has 2 heterocycles. The van der Waals surface area contributed by atoms with Crippen LogP contribution in [0.1, 0.15) is 12.1 Å². The van der Waals surface area contributed by atoms with Crippen molar-refractivity contribution in [3.05, 3.63) is 10.0 Å². The summed E-state index contributed by atoms with van der Waals surface area (Å²) in [6, 6.07) is 0.553. The van der Waals surface area contributed by atoms with Crippen LogP contribution in [0, 0.1) is 0 Å². The normalized spacial score (nSPS) is 20.8. The van der Waals surface area contributed by atoms with Crippen molar-refractivity contribution in [3.63, 3.8) is 0 Å². The highest BCUT2D eigenvalue weighted by atomic mass is 35.5. The maximum Gasteiger partial charge on any atom is 0.138 e. The van der Waals surface area contributed by atoms with Crippen molar-refractivity contribution in [1.82, 2.24) is 20.2 Å². The first kappa shape index (κ1) is 12.1. The summed E-state index contributed by atoms with van der Waals surface area (Å²) in [5.41, 5.74) is 0.860. The van der Waals surface area contributed by atoms with E-state index in [-0.39, 0.29) is 12.4 Å². The second kappa shape index (κ2) is 5.82. The number of hydrogen-bond donors (Lipinski definition) is 2. The number of nitrogens with zero attached hydrogens (tertiary/aromatic N) is 2. The number of halogens is 2. The molecule has 0 saturated carbocycles. The molecule has 0 radical (unpaired) electrons. The topological polar surface area (TPSA) is 49.8 Å². The maximum atomic E-state index is 5.86. The average molecular weight is 255 g/mol. The molecule has 0 spiro atoms. The molecule has 1 unspecified atom stereocenters. The Labute approximate surface area is 98.0 Å². The summed E-state index contributed by atoms with van der Waals surface area (Å²) >= 11 is 7.10. The van der Waals surface area contributed by atoms with E-state index < -0.39 is 0 Å². The third-order valence-electron chi connectivity index (χ3n) is 2.13. The van der Waals surface area contributed by atoms with Crippen molar-refractivity contribution < 1.29 is 0 Å². The summed E-state index contributed by atoms with van der Waals surface area (Å²) in [6.07, 6.45) is 1.18. The molecule has 0 amide bonds. The van der Waals surface area contributed by atoms with Gasteiger partial charge in [0.2, 0.25) is 0 Å². The lowest BCUT2D eigenvalue weighted by Crippen LogP contribution is -2.30. The minimum Gasteiger partial charge on any atom is -0.315 e. The van der Waals surface area contributed by atoms with Crippen molar-refractivity contribution in [1.29, 1.82) is 0 Å². The van der Waals surface area contributed by atoms with E-state index in [4.69, 9.17) is 11.6 Å². The van der Waals surface area contributed by atoms with Gasteiger partial charge in [-0.15, -0.1) is 17.5 Å². The average Bonchev–Trinajstić information content (AvgIpc) is 2.72. The van der Waals surface area contributed by atoms with Gasteiger partial charge in [-0.05, 0) is 13.0 Å². The van der Waals surface area contributed by atoms with Crippen LogP contribution in [0.3, 0.4) is 0 Å². The molecular formula is C7H12Cl2N4S. The molecular weight excluding hydrogens is 243 g/mol. The van der Waals surface area contributed by atoms with E-state index in [2.05, 4.69) is 20.2 Å². The summed E-state index contributed by atoms with van der Waals surface area (Å²) in [6.45, 7) is 2.86. The predicted molar refractivity (Wildman–Crippen MR) is 60.3 cm³/mol. The van der Waals surface area contributed by atoms with Crippen molar-refractivity contribution in [2.24, 2.45) is 0 Å². The molecule has 4 nitrogen and oxygen atoms in total. The van der Waals surface area contributed by atoms with Gasteiger partial charge >= 0.3 is 0 Å². The van der Waals surface area contributed by atoms with Crippen LogP contribution in [0.5, 0.6) is 0 Å². The fourth-order valence-corrected chi connectivity index (χ4v) is 2.00. The fourth-order valence-electron chi connectivity index (χ4n) is 1.37. The van der Waals surface area contributed by atoms with Crippen LogP contribution in [-0.4, -0.2) is 28.7 Å². The lowest BCUT2D eigenvalue weighted by atomic mass is 10.2. The molecule has 80 valence electrons. The molecule has 1 aromatic rings. The quantitative estimate of drug-likeness (QED) is 0.848. The minimum absolute atomic E-state index is 0. The summed E-state index contributed by atoms with van der Waals surface area (Å²) < 4.78 is 4.46. The molecule has 1 aromatic heterocycles. The van der Waals surface area contributed by atoms with Crippen molar-refractivity contribution in [2.45, 2.75) is 19.0 Å². The van der Waals surface area contributed by atoms with E-state index >= 15 is 0 Å². The summed E-state index contributed by atoms with van der Waals surface area (Å²) in [4.78, 5) is 0. The van der Waals surface area contributed by atoms with E-state index in [9.17, 15) is 0 Å². The van der Waals surface area contributed by atoms with Crippen LogP contribution in [-0.2, 0) is 6.54 Å². The Balaban J connectivity index is 0.000000980. The molecule has 1 aliphatic heterocycles. The lowest BCUT2D eigenvalue weighted by molar-refractivity contribution is 0.541. The molecule has 1 aliphatic rings. The number of nitrogens with one attached hydrogen (secondary N) is 2. The van der Waals surface area contributed by atoms with Gasteiger partial charge in [-0.25, -0.2) is 0 Å². The van der Waals surface area contributed by atoms with Gasteiger partial charge in [0.15, 0.2) is 0 Å². The highest BCUT2D eigenvalue weighted by molar-refractivity contribution is 7.10. The van der Waals surface area contributed by atoms with Gasteiger partial charge in [0.1, 0.15) is 10.0 Å². The van der Waals surface area contributed by atoms with E-state index in [1.54, 1.807) is 0 Å². The van der Waals surface area contributed by atoms with Gasteiger partial charge in [0, 0.05) is 30.7 Å². The molecule has 0 aliphatic carbocycles. The molecule has 2 N–H and O–H groups in total. The van der Waals surface area contributed by atoms with Crippen molar-refractivity contribution in [2.75, 3.05) is 13.1 Å². The van der Waals surface area contributed by atoms with Crippen LogP contribution < -0.4 is 10.6 Å². The SMILES string of the molecule is Cl.Clc1snnc1CNC1CCNC1. The zero-order valence-electron chi connectivity index (χ0n) is 7.49. The van der Waals surface area contributed by atoms with Crippen LogP contribution >= 0.6 is 35.5 Å². The summed E-state index contributed by atoms with van der Waals surface area (Å²) in [5.74, 6) is 0. The minimum atomic E-state index is 0. The standard InChI is InChI=1S/C7H11ClN4S.ClH/c8-7-6(11-12-13-7)4-10-5-1-2-9-3-5;/h5,9-10H,1-4H2;1H. The van der Waals surface area contributed by atoms with Gasteiger partial charge in [-0.2, -0.15) is 0 Å². The van der Waals surface area contributed by atoms with Gasteiger partial charge < -0.3 is 10.6 Å². The van der Waals surface area contributed by atoms with Gasteiger partial charge in [0.05, 0.1) is 0 Å². The van der Waals surface area contributed by atoms with E-state index in [0.29, 0.717) is 10.4 Å². The molecule has 1 atom stereocenters. The zero-order valence-corrected chi connectivity index (χ0v) is 9.88.